The first-order valence-electron chi connectivity index (χ1n) is 5.50. The van der Waals surface area contributed by atoms with Gasteiger partial charge in [-0.25, -0.2) is 0 Å². The lowest BCUT2D eigenvalue weighted by Crippen LogP contribution is -2.39. The highest BCUT2D eigenvalue weighted by atomic mass is 32.1. The summed E-state index contributed by atoms with van der Waals surface area (Å²) in [6.45, 7) is 4.06. The number of rotatable bonds is 4. The minimum atomic E-state index is -0.384. The quantitative estimate of drug-likeness (QED) is 0.807. The molecule has 0 bridgehead atoms. The van der Waals surface area contributed by atoms with Gasteiger partial charge in [0.15, 0.2) is 0 Å². The van der Waals surface area contributed by atoms with Gasteiger partial charge in [0.25, 0.3) is 5.91 Å². The zero-order chi connectivity index (χ0) is 13.6. The molecule has 0 aliphatic rings. The topological polar surface area (TPSA) is 58.6 Å². The maximum absolute atomic E-state index is 11.8. The van der Waals surface area contributed by atoms with Crippen LogP contribution >= 0.6 is 11.3 Å². The predicted octanol–water partition coefficient (Wildman–Crippen LogP) is 1.25. The van der Waals surface area contributed by atoms with Crippen molar-refractivity contribution in [1.29, 1.82) is 0 Å². The Labute approximate surface area is 111 Å². The van der Waals surface area contributed by atoms with E-state index in [1.807, 2.05) is 13.8 Å². The molecule has 0 saturated heterocycles. The zero-order valence-corrected chi connectivity index (χ0v) is 11.6. The van der Waals surface area contributed by atoms with Crippen LogP contribution in [0.3, 0.4) is 0 Å². The molecule has 1 rings (SSSR count). The molecule has 0 saturated carbocycles. The summed E-state index contributed by atoms with van der Waals surface area (Å²) in [5.41, 5.74) is 0.194. The van der Waals surface area contributed by atoms with Crippen LogP contribution in [0.4, 0.5) is 0 Å². The first-order valence-corrected chi connectivity index (χ1v) is 6.38. The largest absolute Gasteiger partial charge is 0.384 e. The van der Waals surface area contributed by atoms with Crippen molar-refractivity contribution in [3.05, 3.63) is 21.9 Å². The molecule has 4 nitrogen and oxygen atoms in total. The molecule has 0 unspecified atom stereocenters. The Morgan fingerprint density at radius 3 is 2.94 bits per heavy atom. The molecular formula is C13H17NO3S. The van der Waals surface area contributed by atoms with Gasteiger partial charge in [0.05, 0.1) is 16.0 Å². The number of hydrogen-bond donors (Lipinski definition) is 2. The molecule has 0 radical (unpaired) electrons. The van der Waals surface area contributed by atoms with E-state index in [1.165, 1.54) is 11.3 Å². The summed E-state index contributed by atoms with van der Waals surface area (Å²) in [7, 11) is 1.61. The van der Waals surface area contributed by atoms with Crippen LogP contribution < -0.4 is 5.32 Å². The number of nitrogens with one attached hydrogen (secondary N) is 1. The first-order chi connectivity index (χ1) is 8.48. The van der Waals surface area contributed by atoms with Gasteiger partial charge in [-0.15, -0.1) is 11.3 Å². The number of ether oxygens (including phenoxy) is 1. The molecule has 0 spiro atoms. The smallest absolute Gasteiger partial charge is 0.252 e. The minimum Gasteiger partial charge on any atom is -0.384 e. The summed E-state index contributed by atoms with van der Waals surface area (Å²) in [5.74, 6) is 5.17. The number of thiophene rings is 1. The third-order valence-electron chi connectivity index (χ3n) is 2.38. The van der Waals surface area contributed by atoms with Crippen molar-refractivity contribution in [2.45, 2.75) is 19.4 Å². The van der Waals surface area contributed by atoms with Crippen molar-refractivity contribution in [3.63, 3.8) is 0 Å². The Kier molecular flexibility index (Phi) is 5.35. The maximum Gasteiger partial charge on any atom is 0.252 e. The van der Waals surface area contributed by atoms with Gasteiger partial charge in [-0.1, -0.05) is 11.8 Å². The molecule has 1 heterocycles. The Hall–Kier alpha value is -1.35. The van der Waals surface area contributed by atoms with E-state index in [0.29, 0.717) is 12.1 Å². The second-order valence-corrected chi connectivity index (χ2v) is 5.22. The first kappa shape index (κ1) is 14.7. The highest BCUT2D eigenvalue weighted by Crippen LogP contribution is 2.14. The lowest BCUT2D eigenvalue weighted by atomic mass is 10.1. The van der Waals surface area contributed by atoms with Crippen LogP contribution in [0.25, 0.3) is 0 Å². The molecule has 2 N–H and O–H groups in total. The molecule has 0 fully saturated rings. The third kappa shape index (κ3) is 4.49. The van der Waals surface area contributed by atoms with Gasteiger partial charge < -0.3 is 15.2 Å². The van der Waals surface area contributed by atoms with Gasteiger partial charge in [-0.05, 0) is 19.9 Å². The number of carbonyl (C=O) groups excluding carboxylic acids is 1. The summed E-state index contributed by atoms with van der Waals surface area (Å²) in [6, 6.07) is 1.71. The predicted molar refractivity (Wildman–Crippen MR) is 71.7 cm³/mol. The highest BCUT2D eigenvalue weighted by Gasteiger charge is 2.18. The second kappa shape index (κ2) is 6.55. The third-order valence-corrected chi connectivity index (χ3v) is 3.23. The SMILES string of the molecule is COC(C)(C)CNC(=O)c1csc(C#CCO)c1. The molecule has 0 aliphatic heterocycles. The zero-order valence-electron chi connectivity index (χ0n) is 10.7. The van der Waals surface area contributed by atoms with Crippen molar-refractivity contribution in [2.24, 2.45) is 0 Å². The maximum atomic E-state index is 11.8. The lowest BCUT2D eigenvalue weighted by Gasteiger charge is -2.22. The number of hydrogen-bond acceptors (Lipinski definition) is 4. The number of amides is 1. The van der Waals surface area contributed by atoms with E-state index in [1.54, 1.807) is 18.6 Å². The van der Waals surface area contributed by atoms with Gasteiger partial charge in [0.2, 0.25) is 0 Å². The molecule has 18 heavy (non-hydrogen) atoms. The Morgan fingerprint density at radius 1 is 1.61 bits per heavy atom. The van der Waals surface area contributed by atoms with Crippen molar-refractivity contribution in [1.82, 2.24) is 5.32 Å². The summed E-state index contributed by atoms with van der Waals surface area (Å²) in [4.78, 5) is 12.6. The van der Waals surface area contributed by atoms with Crippen LogP contribution in [-0.2, 0) is 4.74 Å². The number of aliphatic hydroxyl groups is 1. The van der Waals surface area contributed by atoms with Gasteiger partial charge in [0.1, 0.15) is 6.61 Å². The van der Waals surface area contributed by atoms with Crippen molar-refractivity contribution in [2.75, 3.05) is 20.3 Å². The van der Waals surface area contributed by atoms with E-state index >= 15 is 0 Å². The van der Waals surface area contributed by atoms with Crippen LogP contribution in [-0.4, -0.2) is 36.9 Å². The Bertz CT molecular complexity index is 468. The normalized spacial score (nSPS) is 10.7. The van der Waals surface area contributed by atoms with Crippen molar-refractivity contribution < 1.29 is 14.6 Å². The Morgan fingerprint density at radius 2 is 2.33 bits per heavy atom. The standard InChI is InChI=1S/C13H17NO3S/c1-13(2,17-3)9-14-12(16)10-7-11(18-8-10)5-4-6-15/h7-8,15H,6,9H2,1-3H3,(H,14,16). The van der Waals surface area contributed by atoms with Crippen LogP contribution in [0.2, 0.25) is 0 Å². The molecule has 5 heteroatoms. The van der Waals surface area contributed by atoms with Crippen LogP contribution in [0.1, 0.15) is 29.1 Å². The fourth-order valence-corrected chi connectivity index (χ4v) is 1.87. The number of aliphatic hydroxyl groups excluding tert-OH is 1. The van der Waals surface area contributed by atoms with Crippen LogP contribution in [0.5, 0.6) is 0 Å². The van der Waals surface area contributed by atoms with Crippen LogP contribution in [0, 0.1) is 11.8 Å². The van der Waals surface area contributed by atoms with E-state index in [9.17, 15) is 4.79 Å². The van der Waals surface area contributed by atoms with E-state index < -0.39 is 0 Å². The summed E-state index contributed by atoms with van der Waals surface area (Å²) >= 11 is 1.38. The molecule has 0 aromatic carbocycles. The summed E-state index contributed by atoms with van der Waals surface area (Å²) in [6.07, 6.45) is 0. The summed E-state index contributed by atoms with van der Waals surface area (Å²) in [5, 5.41) is 13.1. The monoisotopic (exact) mass is 267 g/mol. The molecule has 1 aromatic rings. The molecular weight excluding hydrogens is 250 g/mol. The number of methoxy groups -OCH3 is 1. The molecule has 0 aliphatic carbocycles. The lowest BCUT2D eigenvalue weighted by molar-refractivity contribution is 0.0229. The van der Waals surface area contributed by atoms with Gasteiger partial charge in [-0.3, -0.25) is 4.79 Å². The summed E-state index contributed by atoms with van der Waals surface area (Å²) < 4.78 is 5.22. The van der Waals surface area contributed by atoms with Gasteiger partial charge in [0, 0.05) is 19.0 Å². The Balaban J connectivity index is 2.60. The van der Waals surface area contributed by atoms with Crippen molar-refractivity contribution >= 4 is 17.2 Å². The molecule has 1 amide bonds. The fourth-order valence-electron chi connectivity index (χ4n) is 1.11. The van der Waals surface area contributed by atoms with E-state index in [0.717, 1.165) is 4.88 Å². The van der Waals surface area contributed by atoms with Crippen LogP contribution in [0.15, 0.2) is 11.4 Å². The van der Waals surface area contributed by atoms with Gasteiger partial charge in [-0.2, -0.15) is 0 Å². The fraction of sp³-hybridized carbons (Fsp3) is 0.462. The van der Waals surface area contributed by atoms with E-state index in [-0.39, 0.29) is 18.1 Å². The average molecular weight is 267 g/mol. The minimum absolute atomic E-state index is 0.145. The van der Waals surface area contributed by atoms with E-state index in [4.69, 9.17) is 9.84 Å². The average Bonchev–Trinajstić information content (AvgIpc) is 2.82. The molecule has 0 atom stereocenters. The number of carbonyl (C=O) groups is 1. The van der Waals surface area contributed by atoms with Crippen molar-refractivity contribution in [3.8, 4) is 11.8 Å². The second-order valence-electron chi connectivity index (χ2n) is 4.31. The van der Waals surface area contributed by atoms with E-state index in [2.05, 4.69) is 17.2 Å². The highest BCUT2D eigenvalue weighted by molar-refractivity contribution is 7.10. The van der Waals surface area contributed by atoms with Gasteiger partial charge >= 0.3 is 0 Å². The molecule has 1 aromatic heterocycles. The molecule has 98 valence electrons.